The number of aryl methyl sites for hydroxylation is 2. The molecule has 0 aliphatic heterocycles. The molecule has 1 amide bonds. The van der Waals surface area contributed by atoms with Crippen LogP contribution >= 0.6 is 0 Å². The van der Waals surface area contributed by atoms with Crippen molar-refractivity contribution in [1.82, 2.24) is 10.4 Å². The Hall–Kier alpha value is -3.21. The quantitative estimate of drug-likeness (QED) is 0.586. The summed E-state index contributed by atoms with van der Waals surface area (Å²) in [4.78, 5) is 17.0. The number of carbonyl (C=O) groups excluding carboxylic acids is 1. The molecule has 0 radical (unpaired) electrons. The fourth-order valence-electron chi connectivity index (χ4n) is 2.58. The van der Waals surface area contributed by atoms with Gasteiger partial charge in [0.1, 0.15) is 5.75 Å². The second kappa shape index (κ2) is 7.13. The third kappa shape index (κ3) is 3.66. The Morgan fingerprint density at radius 3 is 2.64 bits per heavy atom. The number of aromatic nitrogens is 1. The molecule has 0 saturated heterocycles. The van der Waals surface area contributed by atoms with Gasteiger partial charge in [-0.1, -0.05) is 18.2 Å². The third-order valence-corrected chi connectivity index (χ3v) is 3.98. The van der Waals surface area contributed by atoms with Crippen LogP contribution in [0, 0.1) is 13.8 Å². The second-order valence-electron chi connectivity index (χ2n) is 5.74. The molecule has 1 heterocycles. The van der Waals surface area contributed by atoms with Crippen LogP contribution in [0.25, 0.3) is 10.9 Å². The first kappa shape index (κ1) is 16.6. The number of hydrogen-bond acceptors (Lipinski definition) is 4. The molecule has 25 heavy (non-hydrogen) atoms. The molecule has 0 atom stereocenters. The van der Waals surface area contributed by atoms with Crippen molar-refractivity contribution in [2.24, 2.45) is 5.10 Å². The molecule has 0 bridgehead atoms. The van der Waals surface area contributed by atoms with E-state index in [1.807, 2.05) is 62.4 Å². The number of methoxy groups -OCH3 is 1. The zero-order chi connectivity index (χ0) is 17.8. The van der Waals surface area contributed by atoms with E-state index < -0.39 is 0 Å². The first-order valence-corrected chi connectivity index (χ1v) is 7.93. The molecule has 1 N–H and O–H groups in total. The van der Waals surface area contributed by atoms with E-state index in [-0.39, 0.29) is 5.91 Å². The van der Waals surface area contributed by atoms with Gasteiger partial charge in [-0.05, 0) is 55.3 Å². The Labute approximate surface area is 146 Å². The van der Waals surface area contributed by atoms with Crippen LogP contribution in [0.3, 0.4) is 0 Å². The summed E-state index contributed by atoms with van der Waals surface area (Å²) in [6.45, 7) is 3.83. The molecular formula is C20H19N3O2. The van der Waals surface area contributed by atoms with Crippen LogP contribution in [0.5, 0.6) is 5.75 Å². The smallest absolute Gasteiger partial charge is 0.273 e. The number of ether oxygens (including phenoxy) is 1. The summed E-state index contributed by atoms with van der Waals surface area (Å²) >= 11 is 0. The van der Waals surface area contributed by atoms with Crippen LogP contribution in [0.15, 0.2) is 53.6 Å². The summed E-state index contributed by atoms with van der Waals surface area (Å²) in [5.41, 5.74) is 6.62. The lowest BCUT2D eigenvalue weighted by Crippen LogP contribution is -2.19. The average Bonchev–Trinajstić information content (AvgIpc) is 2.62. The molecule has 2 aromatic carbocycles. The van der Waals surface area contributed by atoms with Gasteiger partial charge in [0.05, 0.1) is 30.1 Å². The number of para-hydroxylation sites is 1. The lowest BCUT2D eigenvalue weighted by atomic mass is 10.1. The van der Waals surface area contributed by atoms with Crippen LogP contribution in [0.2, 0.25) is 0 Å². The monoisotopic (exact) mass is 333 g/mol. The molecule has 3 aromatic rings. The predicted octanol–water partition coefficient (Wildman–Crippen LogP) is 3.62. The number of nitrogens with one attached hydrogen (secondary N) is 1. The minimum atomic E-state index is -0.279. The van der Waals surface area contributed by atoms with Gasteiger partial charge in [0.25, 0.3) is 5.91 Å². The Bertz CT molecular complexity index is 947. The molecule has 1 aromatic heterocycles. The summed E-state index contributed by atoms with van der Waals surface area (Å²) in [6.07, 6.45) is 1.59. The van der Waals surface area contributed by atoms with Crippen LogP contribution in [0.1, 0.15) is 27.2 Å². The molecule has 0 aliphatic rings. The topological polar surface area (TPSA) is 63.6 Å². The standard InChI is InChI=1S/C20H19N3O2/c1-13-5-4-6-16-11-18(14(2)22-19(13)16)20(24)23-21-12-15-7-9-17(25-3)10-8-15/h4-12H,1-3H3,(H,23,24). The van der Waals surface area contributed by atoms with Gasteiger partial charge in [-0.25, -0.2) is 5.43 Å². The fraction of sp³-hybridized carbons (Fsp3) is 0.150. The van der Waals surface area contributed by atoms with E-state index in [0.717, 1.165) is 27.8 Å². The Kier molecular flexibility index (Phi) is 4.75. The summed E-state index contributed by atoms with van der Waals surface area (Å²) in [7, 11) is 1.62. The highest BCUT2D eigenvalue weighted by Gasteiger charge is 2.11. The maximum absolute atomic E-state index is 12.4. The SMILES string of the molecule is COc1ccc(C=NNC(=O)c2cc3cccc(C)c3nc2C)cc1. The number of nitrogens with zero attached hydrogens (tertiary/aromatic N) is 2. The van der Waals surface area contributed by atoms with E-state index in [2.05, 4.69) is 15.5 Å². The number of fused-ring (bicyclic) bond motifs is 1. The van der Waals surface area contributed by atoms with E-state index in [9.17, 15) is 4.79 Å². The van der Waals surface area contributed by atoms with E-state index in [0.29, 0.717) is 11.3 Å². The van der Waals surface area contributed by atoms with E-state index in [1.54, 1.807) is 13.3 Å². The predicted molar refractivity (Wildman–Crippen MR) is 99.3 cm³/mol. The third-order valence-electron chi connectivity index (χ3n) is 3.98. The van der Waals surface area contributed by atoms with Crippen molar-refractivity contribution in [3.05, 3.63) is 70.9 Å². The average molecular weight is 333 g/mol. The van der Waals surface area contributed by atoms with Gasteiger partial charge in [-0.3, -0.25) is 9.78 Å². The molecule has 0 aliphatic carbocycles. The highest BCUT2D eigenvalue weighted by atomic mass is 16.5. The molecule has 0 fully saturated rings. The van der Waals surface area contributed by atoms with Gasteiger partial charge in [0.15, 0.2) is 0 Å². The summed E-state index contributed by atoms with van der Waals surface area (Å²) in [5.74, 6) is 0.493. The van der Waals surface area contributed by atoms with Gasteiger partial charge in [-0.2, -0.15) is 5.10 Å². The Balaban J connectivity index is 1.77. The van der Waals surface area contributed by atoms with E-state index in [4.69, 9.17) is 4.74 Å². The number of hydrazone groups is 1. The maximum Gasteiger partial charge on any atom is 0.273 e. The van der Waals surface area contributed by atoms with Crippen molar-refractivity contribution in [2.75, 3.05) is 7.11 Å². The summed E-state index contributed by atoms with van der Waals surface area (Å²) in [6, 6.07) is 15.2. The number of rotatable bonds is 4. The highest BCUT2D eigenvalue weighted by Crippen LogP contribution is 2.19. The minimum absolute atomic E-state index is 0.279. The van der Waals surface area contributed by atoms with Gasteiger partial charge >= 0.3 is 0 Å². The molecule has 126 valence electrons. The Morgan fingerprint density at radius 1 is 1.16 bits per heavy atom. The van der Waals surface area contributed by atoms with Crippen molar-refractivity contribution < 1.29 is 9.53 Å². The van der Waals surface area contributed by atoms with Crippen LogP contribution in [-0.4, -0.2) is 24.2 Å². The number of carbonyl (C=O) groups is 1. The Morgan fingerprint density at radius 2 is 1.92 bits per heavy atom. The number of pyridine rings is 1. The molecule has 5 heteroatoms. The number of hydrogen-bond donors (Lipinski definition) is 1. The first-order valence-electron chi connectivity index (χ1n) is 7.93. The minimum Gasteiger partial charge on any atom is -0.497 e. The van der Waals surface area contributed by atoms with Crippen molar-refractivity contribution in [2.45, 2.75) is 13.8 Å². The van der Waals surface area contributed by atoms with Gasteiger partial charge in [0.2, 0.25) is 0 Å². The van der Waals surface area contributed by atoms with E-state index >= 15 is 0 Å². The molecular weight excluding hydrogens is 314 g/mol. The van der Waals surface area contributed by atoms with E-state index in [1.165, 1.54) is 0 Å². The molecule has 0 unspecified atom stereocenters. The fourth-order valence-corrected chi connectivity index (χ4v) is 2.58. The zero-order valence-electron chi connectivity index (χ0n) is 14.4. The van der Waals surface area contributed by atoms with Crippen LogP contribution < -0.4 is 10.2 Å². The summed E-state index contributed by atoms with van der Waals surface area (Å²) < 4.78 is 5.11. The molecule has 5 nitrogen and oxygen atoms in total. The zero-order valence-corrected chi connectivity index (χ0v) is 14.4. The van der Waals surface area contributed by atoms with Crippen molar-refractivity contribution in [3.8, 4) is 5.75 Å². The number of benzene rings is 2. The summed E-state index contributed by atoms with van der Waals surface area (Å²) in [5, 5.41) is 4.96. The van der Waals surface area contributed by atoms with Gasteiger partial charge < -0.3 is 4.74 Å². The van der Waals surface area contributed by atoms with Crippen molar-refractivity contribution in [3.63, 3.8) is 0 Å². The maximum atomic E-state index is 12.4. The molecule has 0 saturated carbocycles. The lowest BCUT2D eigenvalue weighted by molar-refractivity contribution is 0.0954. The second-order valence-corrected chi connectivity index (χ2v) is 5.74. The van der Waals surface area contributed by atoms with Crippen LogP contribution in [0.4, 0.5) is 0 Å². The largest absolute Gasteiger partial charge is 0.497 e. The molecule has 3 rings (SSSR count). The number of amides is 1. The lowest BCUT2D eigenvalue weighted by Gasteiger charge is -2.07. The van der Waals surface area contributed by atoms with Crippen LogP contribution in [-0.2, 0) is 0 Å². The highest BCUT2D eigenvalue weighted by molar-refractivity contribution is 5.99. The first-order chi connectivity index (χ1) is 12.1. The van der Waals surface area contributed by atoms with Gasteiger partial charge in [-0.15, -0.1) is 0 Å². The molecule has 0 spiro atoms. The normalized spacial score (nSPS) is 11.0. The van der Waals surface area contributed by atoms with Crippen molar-refractivity contribution >= 4 is 23.0 Å². The van der Waals surface area contributed by atoms with Gasteiger partial charge in [0, 0.05) is 5.39 Å². The van der Waals surface area contributed by atoms with Crippen molar-refractivity contribution in [1.29, 1.82) is 0 Å².